The number of hydrogen-bond donors (Lipinski definition) is 1. The Labute approximate surface area is 91.5 Å². The summed E-state index contributed by atoms with van der Waals surface area (Å²) in [7, 11) is 0. The quantitative estimate of drug-likeness (QED) is 0.803. The van der Waals surface area contributed by atoms with E-state index >= 15 is 0 Å². The Bertz CT molecular complexity index is 417. The van der Waals surface area contributed by atoms with E-state index in [-0.39, 0.29) is 5.88 Å². The lowest BCUT2D eigenvalue weighted by Crippen LogP contribution is -1.99. The Morgan fingerprint density at radius 2 is 2.33 bits per heavy atom. The van der Waals surface area contributed by atoms with Crippen LogP contribution in [0.4, 0.5) is 6.01 Å². The van der Waals surface area contributed by atoms with Gasteiger partial charge in [0.1, 0.15) is 5.88 Å². The van der Waals surface area contributed by atoms with Gasteiger partial charge in [0.2, 0.25) is 5.89 Å². The molecule has 0 fully saturated rings. The molecule has 2 heterocycles. The Hall–Kier alpha value is -1.62. The lowest BCUT2D eigenvalue weighted by molar-refractivity contribution is 0.525. The van der Waals surface area contributed by atoms with Gasteiger partial charge < -0.3 is 9.73 Å². The summed E-state index contributed by atoms with van der Waals surface area (Å²) < 4.78 is 5.17. The third kappa shape index (κ3) is 2.66. The first-order valence-corrected chi connectivity index (χ1v) is 4.93. The van der Waals surface area contributed by atoms with Crippen molar-refractivity contribution in [2.75, 3.05) is 5.32 Å². The van der Waals surface area contributed by atoms with Crippen LogP contribution in [0, 0.1) is 0 Å². The number of pyridine rings is 1. The molecule has 0 amide bonds. The highest BCUT2D eigenvalue weighted by atomic mass is 35.5. The second kappa shape index (κ2) is 4.75. The number of aromatic nitrogens is 3. The molecule has 0 bridgehead atoms. The fraction of sp³-hybridized carbons (Fsp3) is 0.222. The average molecular weight is 225 g/mol. The maximum atomic E-state index is 5.52. The van der Waals surface area contributed by atoms with Crippen LogP contribution in [0.5, 0.6) is 0 Å². The lowest BCUT2D eigenvalue weighted by Gasteiger charge is -1.99. The van der Waals surface area contributed by atoms with Crippen LogP contribution in [0.15, 0.2) is 28.9 Å². The minimum absolute atomic E-state index is 0.224. The Morgan fingerprint density at radius 3 is 3.00 bits per heavy atom. The third-order valence-corrected chi connectivity index (χ3v) is 1.98. The molecule has 2 rings (SSSR count). The van der Waals surface area contributed by atoms with Gasteiger partial charge in [0, 0.05) is 18.9 Å². The third-order valence-electron chi connectivity index (χ3n) is 1.75. The van der Waals surface area contributed by atoms with Crippen molar-refractivity contribution >= 4 is 17.6 Å². The normalized spacial score (nSPS) is 10.2. The number of hydrogen-bond acceptors (Lipinski definition) is 5. The van der Waals surface area contributed by atoms with Crippen LogP contribution in [0.3, 0.4) is 0 Å². The smallest absolute Gasteiger partial charge is 0.315 e. The van der Waals surface area contributed by atoms with E-state index in [1.54, 1.807) is 12.4 Å². The molecule has 2 aromatic rings. The fourth-order valence-corrected chi connectivity index (χ4v) is 1.17. The van der Waals surface area contributed by atoms with Gasteiger partial charge in [-0.3, -0.25) is 4.98 Å². The molecule has 6 heteroatoms. The molecule has 0 saturated carbocycles. The van der Waals surface area contributed by atoms with E-state index in [2.05, 4.69) is 20.5 Å². The molecule has 0 unspecified atom stereocenters. The first kappa shape index (κ1) is 9.92. The summed E-state index contributed by atoms with van der Waals surface area (Å²) >= 11 is 5.52. The number of alkyl halides is 1. The molecule has 0 aliphatic heterocycles. The molecule has 0 aliphatic carbocycles. The topological polar surface area (TPSA) is 63.8 Å². The molecule has 0 saturated heterocycles. The number of halogens is 1. The zero-order valence-corrected chi connectivity index (χ0v) is 8.61. The second-order valence-corrected chi connectivity index (χ2v) is 3.12. The summed E-state index contributed by atoms with van der Waals surface area (Å²) in [5, 5.41) is 10.5. The van der Waals surface area contributed by atoms with Gasteiger partial charge >= 0.3 is 6.01 Å². The Balaban J connectivity index is 1.93. The minimum Gasteiger partial charge on any atom is -0.407 e. The molecule has 0 radical (unpaired) electrons. The van der Waals surface area contributed by atoms with Crippen LogP contribution in [0.25, 0.3) is 0 Å². The molecule has 0 spiro atoms. The second-order valence-electron chi connectivity index (χ2n) is 2.85. The van der Waals surface area contributed by atoms with Gasteiger partial charge in [-0.1, -0.05) is 11.2 Å². The van der Waals surface area contributed by atoms with E-state index in [9.17, 15) is 0 Å². The van der Waals surface area contributed by atoms with Crippen molar-refractivity contribution < 1.29 is 4.42 Å². The van der Waals surface area contributed by atoms with Crippen molar-refractivity contribution in [2.45, 2.75) is 12.4 Å². The fourth-order valence-electron chi connectivity index (χ4n) is 1.06. The van der Waals surface area contributed by atoms with E-state index in [0.717, 1.165) is 5.56 Å². The molecule has 0 aromatic carbocycles. The highest BCUT2D eigenvalue weighted by Gasteiger charge is 2.03. The Morgan fingerprint density at radius 1 is 1.40 bits per heavy atom. The first-order chi connectivity index (χ1) is 7.38. The van der Waals surface area contributed by atoms with Crippen molar-refractivity contribution in [3.05, 3.63) is 36.0 Å². The van der Waals surface area contributed by atoms with Crippen LogP contribution in [0.1, 0.15) is 11.5 Å². The van der Waals surface area contributed by atoms with Gasteiger partial charge in [-0.05, 0) is 11.6 Å². The number of rotatable bonds is 4. The predicted octanol–water partition coefficient (Wildman–Crippen LogP) is 1.82. The molecule has 2 aromatic heterocycles. The summed E-state index contributed by atoms with van der Waals surface area (Å²) in [6.45, 7) is 0.595. The van der Waals surface area contributed by atoms with E-state index in [1.165, 1.54) is 0 Å². The Kier molecular flexibility index (Phi) is 3.14. The average Bonchev–Trinajstić information content (AvgIpc) is 2.76. The maximum absolute atomic E-state index is 5.52. The van der Waals surface area contributed by atoms with Crippen LogP contribution in [-0.4, -0.2) is 15.2 Å². The van der Waals surface area contributed by atoms with Crippen molar-refractivity contribution in [1.82, 2.24) is 15.2 Å². The van der Waals surface area contributed by atoms with Crippen molar-refractivity contribution in [2.24, 2.45) is 0 Å². The van der Waals surface area contributed by atoms with Gasteiger partial charge in [0.15, 0.2) is 0 Å². The van der Waals surface area contributed by atoms with E-state index in [4.69, 9.17) is 16.0 Å². The number of nitrogens with one attached hydrogen (secondary N) is 1. The van der Waals surface area contributed by atoms with Gasteiger partial charge in [0.25, 0.3) is 0 Å². The highest BCUT2D eigenvalue weighted by molar-refractivity contribution is 6.16. The van der Waals surface area contributed by atoms with Crippen LogP contribution in [-0.2, 0) is 12.4 Å². The molecular weight excluding hydrogens is 216 g/mol. The summed E-state index contributed by atoms with van der Waals surface area (Å²) in [5.74, 6) is 0.632. The van der Waals surface area contributed by atoms with E-state index < -0.39 is 0 Å². The molecular formula is C9H9ClN4O. The van der Waals surface area contributed by atoms with Gasteiger partial charge in [0.05, 0.1) is 0 Å². The number of anilines is 1. The standard InChI is InChI=1S/C9H9ClN4O/c10-4-8-13-14-9(15-8)12-6-7-2-1-3-11-5-7/h1-3,5H,4,6H2,(H,12,14). The predicted molar refractivity (Wildman–Crippen MR) is 55.4 cm³/mol. The molecule has 5 nitrogen and oxygen atoms in total. The van der Waals surface area contributed by atoms with Crippen LogP contribution >= 0.6 is 11.6 Å². The van der Waals surface area contributed by atoms with Crippen molar-refractivity contribution in [3.63, 3.8) is 0 Å². The monoisotopic (exact) mass is 224 g/mol. The van der Waals surface area contributed by atoms with Crippen LogP contribution in [0.2, 0.25) is 0 Å². The van der Waals surface area contributed by atoms with Crippen LogP contribution < -0.4 is 5.32 Å². The molecule has 78 valence electrons. The van der Waals surface area contributed by atoms with Gasteiger partial charge in [-0.2, -0.15) is 0 Å². The van der Waals surface area contributed by atoms with Crippen molar-refractivity contribution in [1.29, 1.82) is 0 Å². The summed E-state index contributed by atoms with van der Waals surface area (Å²) in [4.78, 5) is 3.99. The first-order valence-electron chi connectivity index (χ1n) is 4.39. The summed E-state index contributed by atoms with van der Waals surface area (Å²) in [5.41, 5.74) is 1.04. The van der Waals surface area contributed by atoms with Gasteiger partial charge in [-0.25, -0.2) is 0 Å². The zero-order valence-electron chi connectivity index (χ0n) is 7.85. The summed E-state index contributed by atoms with van der Waals surface area (Å²) in [6, 6.07) is 4.20. The molecule has 0 aliphatic rings. The van der Waals surface area contributed by atoms with E-state index in [1.807, 2.05) is 12.1 Å². The van der Waals surface area contributed by atoms with E-state index in [0.29, 0.717) is 18.5 Å². The molecule has 15 heavy (non-hydrogen) atoms. The SMILES string of the molecule is ClCc1nnc(NCc2cccnc2)o1. The van der Waals surface area contributed by atoms with Crippen molar-refractivity contribution in [3.8, 4) is 0 Å². The molecule has 0 atom stereocenters. The number of nitrogens with zero attached hydrogens (tertiary/aromatic N) is 3. The largest absolute Gasteiger partial charge is 0.407 e. The maximum Gasteiger partial charge on any atom is 0.315 e. The lowest BCUT2D eigenvalue weighted by atomic mass is 10.3. The summed E-state index contributed by atoms with van der Waals surface area (Å²) in [6.07, 6.45) is 3.49. The highest BCUT2D eigenvalue weighted by Crippen LogP contribution is 2.08. The molecule has 1 N–H and O–H groups in total. The minimum atomic E-state index is 0.224. The van der Waals surface area contributed by atoms with Gasteiger partial charge in [-0.15, -0.1) is 16.7 Å². The zero-order chi connectivity index (χ0) is 10.5.